The van der Waals surface area contributed by atoms with Crippen LogP contribution in [0.2, 0.25) is 0 Å². The minimum atomic E-state index is 0.345. The van der Waals surface area contributed by atoms with Crippen molar-refractivity contribution in [1.29, 1.82) is 5.41 Å². The molecule has 0 saturated heterocycles. The van der Waals surface area contributed by atoms with E-state index in [1.165, 1.54) is 0 Å². The standard InChI is InChI=1S/C7H15N3/c1-6(2)10(7(3)4)9-5-8/h6-8H,1-4H3. The summed E-state index contributed by atoms with van der Waals surface area (Å²) in [5.41, 5.74) is 0. The van der Waals surface area contributed by atoms with Gasteiger partial charge in [-0.05, 0) is 27.7 Å². The van der Waals surface area contributed by atoms with Crippen LogP contribution in [-0.2, 0) is 0 Å². The third kappa shape index (κ3) is 2.65. The van der Waals surface area contributed by atoms with Crippen molar-refractivity contribution < 1.29 is 0 Å². The predicted molar refractivity (Wildman–Crippen MR) is 42.3 cm³/mol. The molecule has 0 saturated carbocycles. The van der Waals surface area contributed by atoms with Gasteiger partial charge in [0.05, 0.1) is 0 Å². The number of nitrogens with zero attached hydrogens (tertiary/aromatic N) is 2. The van der Waals surface area contributed by atoms with E-state index in [1.807, 2.05) is 38.7 Å². The normalized spacial score (nSPS) is 9.80. The molecule has 3 nitrogen and oxygen atoms in total. The zero-order chi connectivity index (χ0) is 8.15. The minimum absolute atomic E-state index is 0.345. The summed E-state index contributed by atoms with van der Waals surface area (Å²) in [5.74, 6) is 0. The average Bonchev–Trinajstić information content (AvgIpc) is 1.81. The lowest BCUT2D eigenvalue weighted by molar-refractivity contribution is 0.185. The van der Waals surface area contributed by atoms with Gasteiger partial charge in [-0.3, -0.25) is 5.01 Å². The molecule has 0 aliphatic heterocycles. The van der Waals surface area contributed by atoms with E-state index in [0.717, 1.165) is 0 Å². The number of hydrogen-bond acceptors (Lipinski definition) is 3. The first kappa shape index (κ1) is 9.18. The lowest BCUT2D eigenvalue weighted by atomic mass is 10.3. The van der Waals surface area contributed by atoms with E-state index in [1.54, 1.807) is 0 Å². The van der Waals surface area contributed by atoms with Crippen molar-refractivity contribution in [2.24, 2.45) is 5.10 Å². The molecule has 0 atom stereocenters. The Morgan fingerprint density at radius 2 is 1.60 bits per heavy atom. The summed E-state index contributed by atoms with van der Waals surface area (Å²) in [6.07, 6.45) is 0. The maximum Gasteiger partial charge on any atom is 0.111 e. The van der Waals surface area contributed by atoms with Crippen molar-refractivity contribution in [2.45, 2.75) is 39.8 Å². The van der Waals surface area contributed by atoms with E-state index in [4.69, 9.17) is 5.41 Å². The minimum Gasteiger partial charge on any atom is -0.283 e. The summed E-state index contributed by atoms with van der Waals surface area (Å²) in [6.45, 7) is 8.17. The Hall–Kier alpha value is -0.820. The molecule has 0 bridgehead atoms. The molecule has 0 heterocycles. The van der Waals surface area contributed by atoms with E-state index in [2.05, 4.69) is 5.10 Å². The van der Waals surface area contributed by atoms with Gasteiger partial charge >= 0.3 is 0 Å². The highest BCUT2D eigenvalue weighted by Crippen LogP contribution is 2.03. The number of hydrazone groups is 1. The fraction of sp³-hybridized carbons (Fsp3) is 0.857. The van der Waals surface area contributed by atoms with E-state index in [0.29, 0.717) is 12.1 Å². The topological polar surface area (TPSA) is 39.5 Å². The number of hydrogen-bond donors (Lipinski definition) is 1. The van der Waals surface area contributed by atoms with Gasteiger partial charge in [0.15, 0.2) is 0 Å². The van der Waals surface area contributed by atoms with Crippen molar-refractivity contribution in [1.82, 2.24) is 5.01 Å². The third-order valence-electron chi connectivity index (χ3n) is 1.22. The Kier molecular flexibility index (Phi) is 3.74. The second-order valence-corrected chi connectivity index (χ2v) is 2.78. The Bertz CT molecular complexity index is 126. The molecule has 0 spiro atoms. The van der Waals surface area contributed by atoms with Crippen molar-refractivity contribution >= 4 is 6.01 Å². The van der Waals surface area contributed by atoms with Crippen LogP contribution >= 0.6 is 0 Å². The lowest BCUT2D eigenvalue weighted by Crippen LogP contribution is -2.31. The Morgan fingerprint density at radius 1 is 1.20 bits per heavy atom. The van der Waals surface area contributed by atoms with Crippen molar-refractivity contribution in [3.8, 4) is 0 Å². The SMILES string of the molecule is CC(C)N(N=C=N)C(C)C. The van der Waals surface area contributed by atoms with Crippen LogP contribution in [-0.4, -0.2) is 23.1 Å². The van der Waals surface area contributed by atoms with Gasteiger partial charge in [-0.25, -0.2) is 5.41 Å². The van der Waals surface area contributed by atoms with E-state index >= 15 is 0 Å². The molecule has 0 radical (unpaired) electrons. The fourth-order valence-corrected chi connectivity index (χ4v) is 0.885. The van der Waals surface area contributed by atoms with Gasteiger partial charge in [-0.2, -0.15) is 0 Å². The average molecular weight is 141 g/mol. The molecule has 0 aromatic rings. The van der Waals surface area contributed by atoms with Crippen LogP contribution in [0.25, 0.3) is 0 Å². The van der Waals surface area contributed by atoms with Crippen LogP contribution < -0.4 is 0 Å². The molecular formula is C7H15N3. The molecule has 1 N–H and O–H groups in total. The van der Waals surface area contributed by atoms with Crippen molar-refractivity contribution in [3.63, 3.8) is 0 Å². The van der Waals surface area contributed by atoms with Gasteiger partial charge in [0.25, 0.3) is 0 Å². The summed E-state index contributed by atoms with van der Waals surface area (Å²) >= 11 is 0. The first-order chi connectivity index (χ1) is 4.59. The molecule has 0 amide bonds. The molecule has 3 heteroatoms. The van der Waals surface area contributed by atoms with Gasteiger partial charge in [0.1, 0.15) is 6.01 Å². The number of rotatable bonds is 3. The first-order valence-electron chi connectivity index (χ1n) is 3.50. The summed E-state index contributed by atoms with van der Waals surface area (Å²) in [6, 6.07) is 2.72. The Labute approximate surface area is 62.2 Å². The predicted octanol–water partition coefficient (Wildman–Crippen LogP) is 1.77. The molecule has 0 unspecified atom stereocenters. The van der Waals surface area contributed by atoms with Crippen LogP contribution in [0.4, 0.5) is 0 Å². The van der Waals surface area contributed by atoms with E-state index in [-0.39, 0.29) is 0 Å². The van der Waals surface area contributed by atoms with Crippen LogP contribution in [0.5, 0.6) is 0 Å². The second kappa shape index (κ2) is 4.07. The van der Waals surface area contributed by atoms with Crippen LogP contribution in [0.1, 0.15) is 27.7 Å². The highest BCUT2D eigenvalue weighted by molar-refractivity contribution is 5.35. The number of nitrogens with one attached hydrogen (secondary N) is 1. The van der Waals surface area contributed by atoms with E-state index in [9.17, 15) is 0 Å². The Balaban J connectivity index is 4.11. The molecular weight excluding hydrogens is 126 g/mol. The molecule has 0 aliphatic carbocycles. The van der Waals surface area contributed by atoms with Gasteiger partial charge < -0.3 is 0 Å². The summed E-state index contributed by atoms with van der Waals surface area (Å²) in [4.78, 5) is 0. The molecule has 0 fully saturated rings. The van der Waals surface area contributed by atoms with Crippen LogP contribution in [0, 0.1) is 5.41 Å². The zero-order valence-electron chi connectivity index (χ0n) is 7.05. The molecule has 0 aromatic heterocycles. The highest BCUT2D eigenvalue weighted by atomic mass is 15.5. The quantitative estimate of drug-likeness (QED) is 0.472. The molecule has 0 aromatic carbocycles. The van der Waals surface area contributed by atoms with E-state index < -0.39 is 0 Å². The largest absolute Gasteiger partial charge is 0.283 e. The molecule has 0 rings (SSSR count). The molecule has 10 heavy (non-hydrogen) atoms. The van der Waals surface area contributed by atoms with Crippen LogP contribution in [0.15, 0.2) is 5.10 Å². The summed E-state index contributed by atoms with van der Waals surface area (Å²) < 4.78 is 0. The summed E-state index contributed by atoms with van der Waals surface area (Å²) in [7, 11) is 0. The smallest absolute Gasteiger partial charge is 0.111 e. The monoisotopic (exact) mass is 141 g/mol. The highest BCUT2D eigenvalue weighted by Gasteiger charge is 2.08. The third-order valence-corrected chi connectivity index (χ3v) is 1.22. The summed E-state index contributed by atoms with van der Waals surface area (Å²) in [5, 5.41) is 12.3. The van der Waals surface area contributed by atoms with Gasteiger partial charge in [-0.1, -0.05) is 0 Å². The van der Waals surface area contributed by atoms with Crippen molar-refractivity contribution in [3.05, 3.63) is 0 Å². The second-order valence-electron chi connectivity index (χ2n) is 2.78. The van der Waals surface area contributed by atoms with Crippen molar-refractivity contribution in [2.75, 3.05) is 0 Å². The first-order valence-corrected chi connectivity index (χ1v) is 3.50. The lowest BCUT2D eigenvalue weighted by Gasteiger charge is -2.25. The van der Waals surface area contributed by atoms with Gasteiger partial charge in [0.2, 0.25) is 0 Å². The van der Waals surface area contributed by atoms with Gasteiger partial charge in [-0.15, -0.1) is 5.10 Å². The zero-order valence-corrected chi connectivity index (χ0v) is 7.05. The molecule has 58 valence electrons. The molecule has 0 aliphatic rings. The van der Waals surface area contributed by atoms with Crippen LogP contribution in [0.3, 0.4) is 0 Å². The fourth-order valence-electron chi connectivity index (χ4n) is 0.885. The van der Waals surface area contributed by atoms with Gasteiger partial charge in [0, 0.05) is 12.1 Å². The maximum absolute atomic E-state index is 6.66. The maximum atomic E-state index is 6.66. The Morgan fingerprint density at radius 3 is 1.70 bits per heavy atom.